The minimum atomic E-state index is -0.308. The Balaban J connectivity index is 1.62. The highest BCUT2D eigenvalue weighted by atomic mass is 16.3. The van der Waals surface area contributed by atoms with E-state index in [9.17, 15) is 20.4 Å². The SMILES string of the molecule is C[C@H](CCCO)[C@H]1CCC2C3C(O)C[C@@H]4C[C@H](O)CC[C@]4(C)C3C[C@H](O)[C@@]21C. The Morgan fingerprint density at radius 3 is 2.43 bits per heavy atom. The number of rotatable bonds is 4. The van der Waals surface area contributed by atoms with Gasteiger partial charge in [0.1, 0.15) is 0 Å². The Bertz CT molecular complexity index is 567. The van der Waals surface area contributed by atoms with Crippen molar-refractivity contribution in [1.29, 1.82) is 0 Å². The van der Waals surface area contributed by atoms with Crippen molar-refractivity contribution in [2.45, 2.75) is 96.9 Å². The quantitative estimate of drug-likeness (QED) is 0.589. The van der Waals surface area contributed by atoms with E-state index >= 15 is 0 Å². The van der Waals surface area contributed by atoms with E-state index in [2.05, 4.69) is 20.8 Å². The molecule has 11 atom stereocenters. The highest BCUT2D eigenvalue weighted by molar-refractivity contribution is 5.14. The third-order valence-electron chi connectivity index (χ3n) is 10.3. The van der Waals surface area contributed by atoms with Gasteiger partial charge >= 0.3 is 0 Å². The second-order valence-electron chi connectivity index (χ2n) is 11.4. The number of hydrogen-bond donors (Lipinski definition) is 4. The lowest BCUT2D eigenvalue weighted by atomic mass is 9.43. The molecule has 4 aliphatic rings. The molecular weight excluding hydrogens is 352 g/mol. The Hall–Kier alpha value is -0.160. The fourth-order valence-corrected chi connectivity index (χ4v) is 8.75. The molecule has 162 valence electrons. The van der Waals surface area contributed by atoms with E-state index in [1.807, 2.05) is 0 Å². The maximum absolute atomic E-state index is 11.5. The first-order valence-corrected chi connectivity index (χ1v) is 11.9. The minimum Gasteiger partial charge on any atom is -0.396 e. The van der Waals surface area contributed by atoms with Crippen molar-refractivity contribution in [2.75, 3.05) is 6.61 Å². The predicted octanol–water partition coefficient (Wildman–Crippen LogP) is 3.36. The molecule has 0 aliphatic heterocycles. The number of aliphatic hydroxyl groups excluding tert-OH is 4. The van der Waals surface area contributed by atoms with Crippen molar-refractivity contribution in [2.24, 2.45) is 46.3 Å². The van der Waals surface area contributed by atoms with Gasteiger partial charge in [0.15, 0.2) is 0 Å². The van der Waals surface area contributed by atoms with Crippen LogP contribution in [0, 0.1) is 46.3 Å². The maximum Gasteiger partial charge on any atom is 0.0602 e. The molecule has 4 N–H and O–H groups in total. The van der Waals surface area contributed by atoms with Gasteiger partial charge in [-0.25, -0.2) is 0 Å². The van der Waals surface area contributed by atoms with E-state index in [4.69, 9.17) is 0 Å². The van der Waals surface area contributed by atoms with Crippen LogP contribution in [0.15, 0.2) is 0 Å². The summed E-state index contributed by atoms with van der Waals surface area (Å²) >= 11 is 0. The Morgan fingerprint density at radius 2 is 1.71 bits per heavy atom. The first-order valence-electron chi connectivity index (χ1n) is 11.9. The summed E-state index contributed by atoms with van der Waals surface area (Å²) < 4.78 is 0. The number of hydrogen-bond acceptors (Lipinski definition) is 4. The van der Waals surface area contributed by atoms with Crippen LogP contribution in [0.2, 0.25) is 0 Å². The van der Waals surface area contributed by atoms with E-state index < -0.39 is 0 Å². The molecule has 0 saturated heterocycles. The molecule has 0 spiro atoms. The summed E-state index contributed by atoms with van der Waals surface area (Å²) in [5, 5.41) is 42.2. The van der Waals surface area contributed by atoms with E-state index in [0.29, 0.717) is 35.5 Å². The second-order valence-corrected chi connectivity index (χ2v) is 11.4. The standard InChI is InChI=1S/C24H42O4/c1-14(5-4-10-25)17-6-7-18-22-19(13-21(28)24(17,18)3)23(2)9-8-16(26)11-15(23)12-20(22)27/h14-22,25-28H,4-13H2,1-3H3/t14-,15+,16-,17-,18?,19?,20?,21+,22?,23+,24-/m1/s1. The third-order valence-corrected chi connectivity index (χ3v) is 10.3. The van der Waals surface area contributed by atoms with Crippen LogP contribution in [-0.4, -0.2) is 45.3 Å². The van der Waals surface area contributed by atoms with Crippen LogP contribution in [0.4, 0.5) is 0 Å². The number of aliphatic hydroxyl groups is 4. The summed E-state index contributed by atoms with van der Waals surface area (Å²) in [6, 6.07) is 0. The normalized spacial score (nSPS) is 54.5. The summed E-state index contributed by atoms with van der Waals surface area (Å²) in [7, 11) is 0. The topological polar surface area (TPSA) is 80.9 Å². The van der Waals surface area contributed by atoms with Gasteiger partial charge in [-0.1, -0.05) is 20.8 Å². The summed E-state index contributed by atoms with van der Waals surface area (Å²) in [5.74, 6) is 2.41. The molecule has 0 aromatic rings. The van der Waals surface area contributed by atoms with Gasteiger partial charge < -0.3 is 20.4 Å². The Morgan fingerprint density at radius 1 is 0.964 bits per heavy atom. The van der Waals surface area contributed by atoms with Crippen LogP contribution in [-0.2, 0) is 0 Å². The molecule has 4 aliphatic carbocycles. The second kappa shape index (κ2) is 7.51. The van der Waals surface area contributed by atoms with Crippen molar-refractivity contribution in [3.63, 3.8) is 0 Å². The van der Waals surface area contributed by atoms with Gasteiger partial charge in [0.25, 0.3) is 0 Å². The highest BCUT2D eigenvalue weighted by Crippen LogP contribution is 2.68. The first kappa shape index (κ1) is 21.1. The maximum atomic E-state index is 11.5. The fourth-order valence-electron chi connectivity index (χ4n) is 8.75. The molecule has 0 heterocycles. The molecule has 4 heteroatoms. The molecule has 0 aromatic carbocycles. The fraction of sp³-hybridized carbons (Fsp3) is 1.00. The smallest absolute Gasteiger partial charge is 0.0602 e. The largest absolute Gasteiger partial charge is 0.396 e. The lowest BCUT2D eigenvalue weighted by molar-refractivity contribution is -0.207. The van der Waals surface area contributed by atoms with Crippen LogP contribution in [0.3, 0.4) is 0 Å². The number of fused-ring (bicyclic) bond motifs is 5. The molecule has 0 bridgehead atoms. The Labute approximate surface area is 170 Å². The summed E-state index contributed by atoms with van der Waals surface area (Å²) in [4.78, 5) is 0. The van der Waals surface area contributed by atoms with Crippen molar-refractivity contribution in [3.8, 4) is 0 Å². The van der Waals surface area contributed by atoms with Gasteiger partial charge in [-0.05, 0) is 104 Å². The van der Waals surface area contributed by atoms with E-state index in [-0.39, 0.29) is 35.7 Å². The summed E-state index contributed by atoms with van der Waals surface area (Å²) in [6.07, 6.45) is 7.62. The molecule has 0 aromatic heterocycles. The molecule has 4 nitrogen and oxygen atoms in total. The molecule has 28 heavy (non-hydrogen) atoms. The lowest BCUT2D eigenvalue weighted by Crippen LogP contribution is -2.62. The molecule has 4 saturated carbocycles. The van der Waals surface area contributed by atoms with Gasteiger partial charge in [-0.2, -0.15) is 0 Å². The zero-order chi connectivity index (χ0) is 20.3. The highest BCUT2D eigenvalue weighted by Gasteiger charge is 2.65. The van der Waals surface area contributed by atoms with Crippen molar-refractivity contribution in [1.82, 2.24) is 0 Å². The zero-order valence-electron chi connectivity index (χ0n) is 18.1. The summed E-state index contributed by atoms with van der Waals surface area (Å²) in [5.41, 5.74) is 0.0282. The Kier molecular flexibility index (Phi) is 5.66. The predicted molar refractivity (Wildman–Crippen MR) is 109 cm³/mol. The van der Waals surface area contributed by atoms with E-state index in [1.165, 1.54) is 0 Å². The van der Waals surface area contributed by atoms with Crippen LogP contribution in [0.5, 0.6) is 0 Å². The summed E-state index contributed by atoms with van der Waals surface area (Å²) in [6.45, 7) is 7.23. The van der Waals surface area contributed by atoms with Crippen LogP contribution < -0.4 is 0 Å². The van der Waals surface area contributed by atoms with Gasteiger partial charge in [-0.15, -0.1) is 0 Å². The van der Waals surface area contributed by atoms with Gasteiger partial charge in [0.2, 0.25) is 0 Å². The van der Waals surface area contributed by atoms with Gasteiger partial charge in [0, 0.05) is 6.61 Å². The molecule has 4 rings (SSSR count). The van der Waals surface area contributed by atoms with Crippen LogP contribution in [0.25, 0.3) is 0 Å². The van der Waals surface area contributed by atoms with Crippen molar-refractivity contribution >= 4 is 0 Å². The molecule has 4 unspecified atom stereocenters. The third kappa shape index (κ3) is 3.01. The minimum absolute atomic E-state index is 0.117. The van der Waals surface area contributed by atoms with Crippen LogP contribution in [0.1, 0.15) is 78.6 Å². The molecule has 0 amide bonds. The zero-order valence-corrected chi connectivity index (χ0v) is 18.1. The van der Waals surface area contributed by atoms with Gasteiger partial charge in [-0.3, -0.25) is 0 Å². The molecule has 4 fully saturated rings. The average molecular weight is 395 g/mol. The molecule has 0 radical (unpaired) electrons. The van der Waals surface area contributed by atoms with E-state index in [1.54, 1.807) is 0 Å². The van der Waals surface area contributed by atoms with E-state index in [0.717, 1.165) is 57.8 Å². The average Bonchev–Trinajstić information content (AvgIpc) is 3.01. The van der Waals surface area contributed by atoms with Gasteiger partial charge in [0.05, 0.1) is 18.3 Å². The molecular formula is C24H42O4. The van der Waals surface area contributed by atoms with Crippen LogP contribution >= 0.6 is 0 Å². The van der Waals surface area contributed by atoms with Crippen molar-refractivity contribution < 1.29 is 20.4 Å². The lowest BCUT2D eigenvalue weighted by Gasteiger charge is -2.63. The monoisotopic (exact) mass is 394 g/mol. The first-order chi connectivity index (χ1) is 13.2. The van der Waals surface area contributed by atoms with Crippen molar-refractivity contribution in [3.05, 3.63) is 0 Å².